The van der Waals surface area contributed by atoms with Crippen LogP contribution in [0.3, 0.4) is 0 Å². The number of nitrogens with one attached hydrogen (secondary N) is 4. The first-order chi connectivity index (χ1) is 19.1. The molecular weight excluding hydrogens is 514 g/mol. The van der Waals surface area contributed by atoms with Crippen LogP contribution in [0.5, 0.6) is 5.75 Å². The molecule has 40 heavy (non-hydrogen) atoms. The molecule has 0 radical (unpaired) electrons. The summed E-state index contributed by atoms with van der Waals surface area (Å²) < 4.78 is 11.4. The highest BCUT2D eigenvalue weighted by atomic mass is 16.5. The number of benzene rings is 1. The second-order valence-corrected chi connectivity index (χ2v) is 11.2. The highest BCUT2D eigenvalue weighted by molar-refractivity contribution is 5.99. The van der Waals surface area contributed by atoms with E-state index in [1.54, 1.807) is 24.3 Å². The van der Waals surface area contributed by atoms with Crippen molar-refractivity contribution in [3.05, 3.63) is 29.8 Å². The lowest BCUT2D eigenvalue weighted by atomic mass is 10.0. The van der Waals surface area contributed by atoms with Crippen LogP contribution in [0.4, 0.5) is 0 Å². The second kappa shape index (κ2) is 15.6. The Labute approximate surface area is 237 Å². The van der Waals surface area contributed by atoms with Gasteiger partial charge >= 0.3 is 0 Å². The smallest absolute Gasteiger partial charge is 0.255 e. The van der Waals surface area contributed by atoms with Crippen LogP contribution < -0.4 is 26.0 Å². The van der Waals surface area contributed by atoms with Crippen molar-refractivity contribution in [3.63, 3.8) is 0 Å². The average Bonchev–Trinajstić information content (AvgIpc) is 2.92. The fourth-order valence-electron chi connectivity index (χ4n) is 4.68. The molecule has 0 saturated carbocycles. The van der Waals surface area contributed by atoms with Crippen molar-refractivity contribution in [2.75, 3.05) is 46.0 Å². The van der Waals surface area contributed by atoms with Crippen molar-refractivity contribution < 1.29 is 28.7 Å². The zero-order valence-electron chi connectivity index (χ0n) is 24.2. The summed E-state index contributed by atoms with van der Waals surface area (Å²) in [5.41, 5.74) is 0.277. The molecule has 3 atom stereocenters. The maximum Gasteiger partial charge on any atom is 0.255 e. The Kier molecular flexibility index (Phi) is 12.2. The van der Waals surface area contributed by atoms with Crippen molar-refractivity contribution in [1.29, 1.82) is 0 Å². The van der Waals surface area contributed by atoms with Gasteiger partial charge in [0.25, 0.3) is 5.91 Å². The summed E-state index contributed by atoms with van der Waals surface area (Å²) in [6.07, 6.45) is 0.512. The van der Waals surface area contributed by atoms with Gasteiger partial charge in [-0.2, -0.15) is 0 Å². The first kappa shape index (κ1) is 31.3. The van der Waals surface area contributed by atoms with E-state index in [4.69, 9.17) is 9.47 Å². The second-order valence-electron chi connectivity index (χ2n) is 11.2. The van der Waals surface area contributed by atoms with Gasteiger partial charge in [-0.15, -0.1) is 0 Å². The maximum atomic E-state index is 13.3. The van der Waals surface area contributed by atoms with Crippen LogP contribution in [0.2, 0.25) is 0 Å². The summed E-state index contributed by atoms with van der Waals surface area (Å²) in [5, 5.41) is 11.6. The summed E-state index contributed by atoms with van der Waals surface area (Å²) in [6.45, 7) is 12.1. The number of carbonyl (C=O) groups excluding carboxylic acids is 4. The fraction of sp³-hybridized carbons (Fsp3) is 0.655. The molecule has 11 nitrogen and oxygen atoms in total. The standard InChI is InChI=1S/C29H45N5O6/c1-19(2)17-23-29(38)33-24(20(3)4)18-40-25-8-6-5-7-21(25)27(36)32-22(9-10-26(35)31-23)28(37)30-11-12-34-13-15-39-16-14-34/h5-8,19-20,22-24H,9-18H2,1-4H3,(H,30,37)(H,31,35)(H,32,36)(H,33,38)/t22-,23-,24-/m0/s1. The molecule has 0 aliphatic carbocycles. The quantitative estimate of drug-likeness (QED) is 0.392. The van der Waals surface area contributed by atoms with Crippen molar-refractivity contribution in [2.24, 2.45) is 11.8 Å². The topological polar surface area (TPSA) is 138 Å². The highest BCUT2D eigenvalue weighted by Gasteiger charge is 2.29. The summed E-state index contributed by atoms with van der Waals surface area (Å²) in [5.74, 6) is -0.901. The van der Waals surface area contributed by atoms with Gasteiger partial charge in [0, 0.05) is 32.6 Å². The number of carbonyl (C=O) groups is 4. The molecule has 1 fully saturated rings. The third kappa shape index (κ3) is 9.78. The van der Waals surface area contributed by atoms with Crippen LogP contribution in [0.25, 0.3) is 0 Å². The summed E-state index contributed by atoms with van der Waals surface area (Å²) >= 11 is 0. The number of morpholine rings is 1. The van der Waals surface area contributed by atoms with E-state index in [0.29, 0.717) is 38.5 Å². The number of rotatable bonds is 7. The number of fused-ring (bicyclic) bond motifs is 1. The average molecular weight is 560 g/mol. The monoisotopic (exact) mass is 559 g/mol. The largest absolute Gasteiger partial charge is 0.491 e. The van der Waals surface area contributed by atoms with E-state index < -0.39 is 18.0 Å². The molecule has 1 saturated heterocycles. The first-order valence-corrected chi connectivity index (χ1v) is 14.3. The third-order valence-corrected chi connectivity index (χ3v) is 7.15. The Morgan fingerprint density at radius 1 is 1.05 bits per heavy atom. The van der Waals surface area contributed by atoms with Gasteiger partial charge < -0.3 is 30.7 Å². The molecule has 2 aliphatic rings. The maximum absolute atomic E-state index is 13.3. The molecule has 0 bridgehead atoms. The summed E-state index contributed by atoms with van der Waals surface area (Å²) in [7, 11) is 0. The molecule has 222 valence electrons. The van der Waals surface area contributed by atoms with E-state index >= 15 is 0 Å². The predicted octanol–water partition coefficient (Wildman–Crippen LogP) is 1.08. The SMILES string of the molecule is CC(C)C[C@@H]1NC(=O)CC[C@@H](C(=O)NCCN2CCOCC2)NC(=O)c2ccccc2OC[C@@H](C(C)C)NC1=O. The van der Waals surface area contributed by atoms with Crippen LogP contribution in [0, 0.1) is 11.8 Å². The van der Waals surface area contributed by atoms with Crippen molar-refractivity contribution in [2.45, 2.75) is 65.1 Å². The number of hydrogen-bond acceptors (Lipinski definition) is 7. The Morgan fingerprint density at radius 2 is 1.77 bits per heavy atom. The third-order valence-electron chi connectivity index (χ3n) is 7.15. The van der Waals surface area contributed by atoms with Crippen molar-refractivity contribution in [1.82, 2.24) is 26.2 Å². The molecule has 0 aromatic heterocycles. The minimum absolute atomic E-state index is 0.0323. The van der Waals surface area contributed by atoms with Gasteiger partial charge in [0.2, 0.25) is 17.7 Å². The molecule has 4 amide bonds. The molecule has 2 aliphatic heterocycles. The van der Waals surface area contributed by atoms with Crippen LogP contribution in [0.1, 0.15) is 57.3 Å². The Hall–Kier alpha value is -3.18. The van der Waals surface area contributed by atoms with E-state index in [1.807, 2.05) is 27.7 Å². The van der Waals surface area contributed by atoms with Crippen LogP contribution in [0.15, 0.2) is 24.3 Å². The van der Waals surface area contributed by atoms with Gasteiger partial charge in [0.15, 0.2) is 0 Å². The van der Waals surface area contributed by atoms with Gasteiger partial charge in [-0.05, 0) is 36.8 Å². The zero-order chi connectivity index (χ0) is 29.1. The van der Waals surface area contributed by atoms with Gasteiger partial charge in [-0.1, -0.05) is 39.8 Å². The van der Waals surface area contributed by atoms with Gasteiger partial charge in [0.05, 0.1) is 24.8 Å². The number of hydrogen-bond donors (Lipinski definition) is 4. The molecule has 0 unspecified atom stereocenters. The number of nitrogens with zero attached hydrogens (tertiary/aromatic N) is 1. The molecule has 1 aromatic rings. The zero-order valence-corrected chi connectivity index (χ0v) is 24.2. The molecule has 2 heterocycles. The van der Waals surface area contributed by atoms with E-state index in [9.17, 15) is 19.2 Å². The Bertz CT molecular complexity index is 1010. The predicted molar refractivity (Wildman–Crippen MR) is 151 cm³/mol. The van der Waals surface area contributed by atoms with Crippen molar-refractivity contribution >= 4 is 23.6 Å². The Morgan fingerprint density at radius 3 is 2.48 bits per heavy atom. The lowest BCUT2D eigenvalue weighted by Crippen LogP contribution is -2.53. The first-order valence-electron chi connectivity index (χ1n) is 14.3. The molecule has 1 aromatic carbocycles. The van der Waals surface area contributed by atoms with E-state index in [-0.39, 0.29) is 60.6 Å². The Balaban J connectivity index is 1.81. The summed E-state index contributed by atoms with van der Waals surface area (Å²) in [6, 6.07) is 4.80. The normalized spacial score (nSPS) is 23.6. The van der Waals surface area contributed by atoms with Gasteiger partial charge in [-0.25, -0.2) is 0 Å². The number of amides is 4. The van der Waals surface area contributed by atoms with Gasteiger partial charge in [0.1, 0.15) is 24.4 Å². The number of ether oxygens (including phenoxy) is 2. The van der Waals surface area contributed by atoms with E-state index in [0.717, 1.165) is 13.1 Å². The molecule has 0 spiro atoms. The fourth-order valence-corrected chi connectivity index (χ4v) is 4.68. The minimum Gasteiger partial charge on any atom is -0.491 e. The highest BCUT2D eigenvalue weighted by Crippen LogP contribution is 2.20. The lowest BCUT2D eigenvalue weighted by molar-refractivity contribution is -0.130. The molecule has 3 rings (SSSR count). The molecular formula is C29H45N5O6. The molecule has 4 N–H and O–H groups in total. The van der Waals surface area contributed by atoms with Crippen LogP contribution >= 0.6 is 0 Å². The van der Waals surface area contributed by atoms with E-state index in [1.165, 1.54) is 0 Å². The molecule has 11 heteroatoms. The minimum atomic E-state index is -0.943. The van der Waals surface area contributed by atoms with Gasteiger partial charge in [-0.3, -0.25) is 24.1 Å². The number of para-hydroxylation sites is 1. The van der Waals surface area contributed by atoms with Crippen molar-refractivity contribution in [3.8, 4) is 5.75 Å². The van der Waals surface area contributed by atoms with E-state index in [2.05, 4.69) is 26.2 Å². The lowest BCUT2D eigenvalue weighted by Gasteiger charge is -2.27. The summed E-state index contributed by atoms with van der Waals surface area (Å²) in [4.78, 5) is 54.9. The van der Waals surface area contributed by atoms with Crippen LogP contribution in [-0.2, 0) is 19.1 Å². The van der Waals surface area contributed by atoms with Crippen LogP contribution in [-0.4, -0.2) is 92.7 Å².